The van der Waals surface area contributed by atoms with Gasteiger partial charge in [0.15, 0.2) is 0 Å². The van der Waals surface area contributed by atoms with Crippen LogP contribution in [0.3, 0.4) is 0 Å². The fourth-order valence-electron chi connectivity index (χ4n) is 1.27. The van der Waals surface area contributed by atoms with Crippen LogP contribution in [0.4, 0.5) is 0 Å². The summed E-state index contributed by atoms with van der Waals surface area (Å²) in [5.74, 6) is -0.00292. The Labute approximate surface area is 88.8 Å². The Morgan fingerprint density at radius 1 is 1.50 bits per heavy atom. The van der Waals surface area contributed by atoms with E-state index in [1.807, 2.05) is 13.8 Å². The highest BCUT2D eigenvalue weighted by Gasteiger charge is 2.12. The molecule has 1 rings (SSSR count). The van der Waals surface area contributed by atoms with Gasteiger partial charge in [-0.1, -0.05) is 12.2 Å². The number of nitrogens with one attached hydrogen (secondary N) is 1. The third-order valence-corrected chi connectivity index (χ3v) is 2.44. The van der Waals surface area contributed by atoms with E-state index in [-0.39, 0.29) is 5.91 Å². The van der Waals surface area contributed by atoms with E-state index in [2.05, 4.69) is 4.98 Å². The van der Waals surface area contributed by atoms with Crippen molar-refractivity contribution in [2.24, 2.45) is 0 Å². The van der Waals surface area contributed by atoms with Crippen molar-refractivity contribution in [3.63, 3.8) is 0 Å². The number of hydrogen-bond donors (Lipinski definition) is 1. The molecule has 14 heavy (non-hydrogen) atoms. The van der Waals surface area contributed by atoms with Crippen LogP contribution in [-0.4, -0.2) is 28.9 Å². The molecule has 1 aromatic rings. The molecule has 0 aliphatic rings. The summed E-state index contributed by atoms with van der Waals surface area (Å²) >= 11 is 5.04. The maximum absolute atomic E-state index is 11.9. The lowest BCUT2D eigenvalue weighted by Crippen LogP contribution is -2.30. The van der Waals surface area contributed by atoms with E-state index in [9.17, 15) is 4.79 Å². The van der Waals surface area contributed by atoms with E-state index in [4.69, 9.17) is 12.2 Å². The summed E-state index contributed by atoms with van der Waals surface area (Å²) in [6.07, 6.45) is 1.72. The molecule has 0 aliphatic carbocycles. The van der Waals surface area contributed by atoms with Crippen molar-refractivity contribution < 1.29 is 4.79 Å². The molecule has 0 spiro atoms. The lowest BCUT2D eigenvalue weighted by Gasteiger charge is -2.18. The van der Waals surface area contributed by atoms with E-state index in [1.165, 1.54) is 0 Å². The van der Waals surface area contributed by atoms with E-state index in [0.29, 0.717) is 23.3 Å². The predicted octanol–water partition coefficient (Wildman–Crippen LogP) is 2.23. The van der Waals surface area contributed by atoms with Crippen LogP contribution in [0.1, 0.15) is 24.2 Å². The number of amides is 1. The Kier molecular flexibility index (Phi) is 3.83. The second-order valence-electron chi connectivity index (χ2n) is 2.89. The van der Waals surface area contributed by atoms with Crippen LogP contribution in [-0.2, 0) is 0 Å². The van der Waals surface area contributed by atoms with Gasteiger partial charge in [-0.3, -0.25) is 4.79 Å². The standard InChI is InChI=1S/C10H14N2OS/c1-3-12(4-2)10(13)8-6-5-7-11-9(8)14/h5-7H,3-4H2,1-2H3,(H,11,14). The Balaban J connectivity index is 3.00. The summed E-state index contributed by atoms with van der Waals surface area (Å²) in [7, 11) is 0. The fraction of sp³-hybridized carbons (Fsp3) is 0.400. The zero-order valence-corrected chi connectivity index (χ0v) is 9.23. The monoisotopic (exact) mass is 210 g/mol. The van der Waals surface area contributed by atoms with Crippen molar-refractivity contribution in [3.8, 4) is 0 Å². The largest absolute Gasteiger partial charge is 0.352 e. The van der Waals surface area contributed by atoms with Crippen molar-refractivity contribution in [2.45, 2.75) is 13.8 Å². The molecule has 0 aliphatic heterocycles. The Morgan fingerprint density at radius 2 is 2.14 bits per heavy atom. The van der Waals surface area contributed by atoms with Gasteiger partial charge in [0.05, 0.1) is 5.56 Å². The quantitative estimate of drug-likeness (QED) is 0.777. The number of aromatic nitrogens is 1. The van der Waals surface area contributed by atoms with Gasteiger partial charge in [0, 0.05) is 19.3 Å². The van der Waals surface area contributed by atoms with Gasteiger partial charge in [0.1, 0.15) is 4.64 Å². The first-order valence-corrected chi connectivity index (χ1v) is 5.08. The summed E-state index contributed by atoms with van der Waals surface area (Å²) in [6.45, 7) is 5.33. The first-order chi connectivity index (χ1) is 6.70. The SMILES string of the molecule is CCN(CC)C(=O)c1ccc[nH]c1=S. The van der Waals surface area contributed by atoms with Crippen LogP contribution in [0.25, 0.3) is 0 Å². The summed E-state index contributed by atoms with van der Waals surface area (Å²) in [5.41, 5.74) is 0.575. The molecule has 1 amide bonds. The number of carbonyl (C=O) groups excluding carboxylic acids is 1. The highest BCUT2D eigenvalue weighted by atomic mass is 32.1. The number of aromatic amines is 1. The number of pyridine rings is 1. The maximum atomic E-state index is 11.9. The van der Waals surface area contributed by atoms with Gasteiger partial charge in [0.2, 0.25) is 0 Å². The molecule has 0 unspecified atom stereocenters. The molecule has 3 nitrogen and oxygen atoms in total. The smallest absolute Gasteiger partial charge is 0.256 e. The molecule has 0 fully saturated rings. The highest BCUT2D eigenvalue weighted by molar-refractivity contribution is 7.71. The Hall–Kier alpha value is -1.16. The van der Waals surface area contributed by atoms with Crippen LogP contribution in [0.15, 0.2) is 18.3 Å². The van der Waals surface area contributed by atoms with Crippen LogP contribution in [0.2, 0.25) is 0 Å². The molecule has 0 saturated heterocycles. The van der Waals surface area contributed by atoms with Gasteiger partial charge in [-0.25, -0.2) is 0 Å². The molecule has 4 heteroatoms. The molecule has 0 bridgehead atoms. The molecule has 76 valence electrons. The molecule has 0 atom stereocenters. The zero-order valence-electron chi connectivity index (χ0n) is 8.41. The van der Waals surface area contributed by atoms with Gasteiger partial charge in [-0.05, 0) is 26.0 Å². The van der Waals surface area contributed by atoms with Crippen LogP contribution < -0.4 is 0 Å². The minimum atomic E-state index is -0.00292. The van der Waals surface area contributed by atoms with Crippen molar-refractivity contribution in [1.82, 2.24) is 9.88 Å². The number of hydrogen-bond acceptors (Lipinski definition) is 2. The van der Waals surface area contributed by atoms with Gasteiger partial charge < -0.3 is 9.88 Å². The first-order valence-electron chi connectivity index (χ1n) is 4.67. The average Bonchev–Trinajstić information content (AvgIpc) is 2.20. The number of rotatable bonds is 3. The van der Waals surface area contributed by atoms with Gasteiger partial charge in [-0.2, -0.15) is 0 Å². The van der Waals surface area contributed by atoms with Gasteiger partial charge in [-0.15, -0.1) is 0 Å². The van der Waals surface area contributed by atoms with Crippen LogP contribution in [0, 0.1) is 4.64 Å². The minimum Gasteiger partial charge on any atom is -0.352 e. The first kappa shape index (κ1) is 10.9. The van der Waals surface area contributed by atoms with E-state index >= 15 is 0 Å². The molecule has 0 radical (unpaired) electrons. The molecule has 0 aromatic carbocycles. The van der Waals surface area contributed by atoms with Crippen molar-refractivity contribution in [2.75, 3.05) is 13.1 Å². The molecule has 1 aromatic heterocycles. The summed E-state index contributed by atoms with van der Waals surface area (Å²) in [5, 5.41) is 0. The van der Waals surface area contributed by atoms with Crippen molar-refractivity contribution >= 4 is 18.1 Å². The topological polar surface area (TPSA) is 36.1 Å². The zero-order chi connectivity index (χ0) is 10.6. The van der Waals surface area contributed by atoms with Crippen molar-refractivity contribution in [3.05, 3.63) is 28.5 Å². The Morgan fingerprint density at radius 3 is 2.64 bits per heavy atom. The van der Waals surface area contributed by atoms with E-state index in [1.54, 1.807) is 23.2 Å². The normalized spacial score (nSPS) is 9.86. The second-order valence-corrected chi connectivity index (χ2v) is 3.30. The lowest BCUT2D eigenvalue weighted by molar-refractivity contribution is 0.0772. The number of nitrogens with zero attached hydrogens (tertiary/aromatic N) is 1. The second kappa shape index (κ2) is 4.91. The van der Waals surface area contributed by atoms with Gasteiger partial charge in [0.25, 0.3) is 5.91 Å². The highest BCUT2D eigenvalue weighted by Crippen LogP contribution is 2.04. The summed E-state index contributed by atoms with van der Waals surface area (Å²) < 4.78 is 0.504. The molecule has 1 heterocycles. The van der Waals surface area contributed by atoms with Crippen molar-refractivity contribution in [1.29, 1.82) is 0 Å². The maximum Gasteiger partial charge on any atom is 0.256 e. The number of carbonyl (C=O) groups is 1. The number of H-pyrrole nitrogens is 1. The lowest BCUT2D eigenvalue weighted by atomic mass is 10.2. The van der Waals surface area contributed by atoms with Crippen LogP contribution >= 0.6 is 12.2 Å². The van der Waals surface area contributed by atoms with E-state index < -0.39 is 0 Å². The predicted molar refractivity (Wildman–Crippen MR) is 58.9 cm³/mol. The minimum absolute atomic E-state index is 0.00292. The third kappa shape index (κ3) is 2.20. The van der Waals surface area contributed by atoms with Gasteiger partial charge >= 0.3 is 0 Å². The molecular formula is C10H14N2OS. The molecule has 1 N–H and O–H groups in total. The summed E-state index contributed by atoms with van der Waals surface area (Å²) in [6, 6.07) is 3.53. The van der Waals surface area contributed by atoms with Crippen LogP contribution in [0.5, 0.6) is 0 Å². The third-order valence-electron chi connectivity index (χ3n) is 2.10. The Bertz CT molecular complexity index is 368. The van der Waals surface area contributed by atoms with E-state index in [0.717, 1.165) is 0 Å². The molecular weight excluding hydrogens is 196 g/mol. The molecule has 0 saturated carbocycles. The summed E-state index contributed by atoms with van der Waals surface area (Å²) in [4.78, 5) is 16.5. The fourth-order valence-corrected chi connectivity index (χ4v) is 1.49. The average molecular weight is 210 g/mol.